The summed E-state index contributed by atoms with van der Waals surface area (Å²) in [7, 11) is 1.63. The molecule has 1 aromatic rings. The van der Waals surface area contributed by atoms with Crippen molar-refractivity contribution in [3.05, 3.63) is 11.3 Å². The number of aromatic nitrogens is 2. The van der Waals surface area contributed by atoms with Gasteiger partial charge in [-0.3, -0.25) is 4.79 Å². The van der Waals surface area contributed by atoms with E-state index in [4.69, 9.17) is 4.74 Å². The summed E-state index contributed by atoms with van der Waals surface area (Å²) in [5, 5.41) is 13.4. The highest BCUT2D eigenvalue weighted by Crippen LogP contribution is 2.26. The van der Waals surface area contributed by atoms with E-state index in [0.29, 0.717) is 18.7 Å². The van der Waals surface area contributed by atoms with Crippen molar-refractivity contribution in [3.63, 3.8) is 0 Å². The summed E-state index contributed by atoms with van der Waals surface area (Å²) >= 11 is 0. The third-order valence-corrected chi connectivity index (χ3v) is 2.77. The molecule has 1 aliphatic heterocycles. The van der Waals surface area contributed by atoms with Gasteiger partial charge in [-0.1, -0.05) is 0 Å². The van der Waals surface area contributed by atoms with Crippen molar-refractivity contribution >= 4 is 12.0 Å². The molecule has 0 aliphatic carbocycles. The Bertz CT molecular complexity index is 542. The molecule has 0 saturated heterocycles. The standard InChI is InChI=1S/C12H17N3O4/c1-12(2,3)19-11(18)15-7-5-6-14(4)10(17)8(7)9(16)13-15/h5-6H2,1-4H3,(H,13,16). The highest BCUT2D eigenvalue weighted by molar-refractivity contribution is 5.99. The van der Waals surface area contributed by atoms with Crippen LogP contribution in [0.4, 0.5) is 4.79 Å². The molecule has 0 radical (unpaired) electrons. The van der Waals surface area contributed by atoms with E-state index >= 15 is 0 Å². The van der Waals surface area contributed by atoms with Gasteiger partial charge in [-0.2, -0.15) is 4.68 Å². The molecule has 0 fully saturated rings. The van der Waals surface area contributed by atoms with Gasteiger partial charge in [0.05, 0.1) is 5.69 Å². The number of nitrogens with zero attached hydrogens (tertiary/aromatic N) is 3. The van der Waals surface area contributed by atoms with Crippen LogP contribution in [-0.2, 0) is 11.2 Å². The molecule has 1 N–H and O–H groups in total. The molecule has 0 spiro atoms. The molecular weight excluding hydrogens is 250 g/mol. The van der Waals surface area contributed by atoms with E-state index in [0.717, 1.165) is 4.68 Å². The van der Waals surface area contributed by atoms with Crippen LogP contribution in [0.25, 0.3) is 0 Å². The zero-order chi connectivity index (χ0) is 14.4. The van der Waals surface area contributed by atoms with Crippen LogP contribution in [0.15, 0.2) is 0 Å². The minimum atomic E-state index is -0.693. The number of aromatic hydroxyl groups is 1. The second-order valence-electron chi connectivity index (χ2n) is 5.51. The number of ether oxygens (including phenoxy) is 1. The summed E-state index contributed by atoms with van der Waals surface area (Å²) in [6.07, 6.45) is -0.244. The van der Waals surface area contributed by atoms with Crippen molar-refractivity contribution in [3.8, 4) is 5.88 Å². The van der Waals surface area contributed by atoms with Crippen LogP contribution < -0.4 is 0 Å². The maximum absolute atomic E-state index is 12.0. The molecule has 19 heavy (non-hydrogen) atoms. The first kappa shape index (κ1) is 13.4. The molecule has 0 aromatic carbocycles. The lowest BCUT2D eigenvalue weighted by Gasteiger charge is -2.23. The van der Waals surface area contributed by atoms with Crippen LogP contribution in [0.3, 0.4) is 0 Å². The van der Waals surface area contributed by atoms with Gasteiger partial charge in [-0.25, -0.2) is 4.79 Å². The smallest absolute Gasteiger partial charge is 0.435 e. The third-order valence-electron chi connectivity index (χ3n) is 2.77. The first-order valence-corrected chi connectivity index (χ1v) is 6.00. The topological polar surface area (TPSA) is 84.7 Å². The van der Waals surface area contributed by atoms with E-state index in [1.807, 2.05) is 0 Å². The van der Waals surface area contributed by atoms with E-state index in [2.05, 4.69) is 5.10 Å². The third kappa shape index (κ3) is 2.40. The second kappa shape index (κ2) is 4.25. The molecule has 1 amide bonds. The summed E-state index contributed by atoms with van der Waals surface area (Å²) in [6, 6.07) is 0. The Morgan fingerprint density at radius 1 is 1.42 bits per heavy atom. The molecule has 1 aromatic heterocycles. The minimum absolute atomic E-state index is 0.0830. The predicted octanol–water partition coefficient (Wildman–Crippen LogP) is 1.00. The minimum Gasteiger partial charge on any atom is -0.492 e. The van der Waals surface area contributed by atoms with Crippen LogP contribution in [-0.4, -0.2) is 51.0 Å². The predicted molar refractivity (Wildman–Crippen MR) is 66.2 cm³/mol. The number of hydrogen-bond donors (Lipinski definition) is 1. The van der Waals surface area contributed by atoms with E-state index < -0.39 is 17.6 Å². The number of amides is 1. The fourth-order valence-electron chi connectivity index (χ4n) is 1.91. The highest BCUT2D eigenvalue weighted by Gasteiger charge is 2.33. The zero-order valence-corrected chi connectivity index (χ0v) is 11.4. The van der Waals surface area contributed by atoms with Crippen molar-refractivity contribution in [1.29, 1.82) is 0 Å². The van der Waals surface area contributed by atoms with Crippen LogP contribution in [0.5, 0.6) is 5.88 Å². The number of hydrogen-bond acceptors (Lipinski definition) is 5. The van der Waals surface area contributed by atoms with Crippen LogP contribution in [0, 0.1) is 0 Å². The molecule has 0 saturated carbocycles. The Balaban J connectivity index is 2.40. The average molecular weight is 267 g/mol. The van der Waals surface area contributed by atoms with E-state index in [1.165, 1.54) is 4.90 Å². The number of carbonyl (C=O) groups excluding carboxylic acids is 2. The Labute approximate surface area is 110 Å². The van der Waals surface area contributed by atoms with Crippen molar-refractivity contribution in [1.82, 2.24) is 14.7 Å². The van der Waals surface area contributed by atoms with Crippen LogP contribution in [0.1, 0.15) is 36.8 Å². The molecule has 2 rings (SSSR count). The van der Waals surface area contributed by atoms with Gasteiger partial charge in [-0.15, -0.1) is 5.10 Å². The number of rotatable bonds is 0. The maximum atomic E-state index is 12.0. The molecule has 0 bridgehead atoms. The molecule has 7 heteroatoms. The quantitative estimate of drug-likeness (QED) is 0.758. The zero-order valence-electron chi connectivity index (χ0n) is 11.4. The van der Waals surface area contributed by atoms with Gasteiger partial charge >= 0.3 is 6.09 Å². The maximum Gasteiger partial charge on any atom is 0.435 e. The Hall–Kier alpha value is -2.05. The summed E-state index contributed by atoms with van der Waals surface area (Å²) < 4.78 is 6.16. The fraction of sp³-hybridized carbons (Fsp3) is 0.583. The number of likely N-dealkylation sites (N-methyl/N-ethyl adjacent to an activating group) is 1. The molecule has 2 heterocycles. The lowest BCUT2D eigenvalue weighted by atomic mass is 10.1. The van der Waals surface area contributed by atoms with Crippen LogP contribution in [0.2, 0.25) is 0 Å². The Kier molecular flexibility index (Phi) is 3.00. The summed E-state index contributed by atoms with van der Waals surface area (Å²) in [5.41, 5.74) is -0.185. The Morgan fingerprint density at radius 3 is 2.63 bits per heavy atom. The summed E-state index contributed by atoms with van der Waals surface area (Å²) in [6.45, 7) is 5.68. The van der Waals surface area contributed by atoms with Crippen molar-refractivity contribution in [2.24, 2.45) is 0 Å². The molecular formula is C12H17N3O4. The highest BCUT2D eigenvalue weighted by atomic mass is 16.6. The number of fused-ring (bicyclic) bond motifs is 1. The number of carbonyl (C=O) groups is 2. The van der Waals surface area contributed by atoms with Gasteiger partial charge in [0.2, 0.25) is 5.88 Å². The normalized spacial score (nSPS) is 15.4. The summed E-state index contributed by atoms with van der Waals surface area (Å²) in [4.78, 5) is 25.4. The van der Waals surface area contributed by atoms with Crippen molar-refractivity contribution < 1.29 is 19.4 Å². The van der Waals surface area contributed by atoms with Gasteiger partial charge in [0, 0.05) is 20.0 Å². The van der Waals surface area contributed by atoms with E-state index in [-0.39, 0.29) is 11.5 Å². The molecule has 0 unspecified atom stereocenters. The monoisotopic (exact) mass is 267 g/mol. The lowest BCUT2D eigenvalue weighted by molar-refractivity contribution is 0.0506. The van der Waals surface area contributed by atoms with E-state index in [1.54, 1.807) is 27.8 Å². The van der Waals surface area contributed by atoms with Gasteiger partial charge < -0.3 is 14.7 Å². The van der Waals surface area contributed by atoms with Gasteiger partial charge in [-0.05, 0) is 20.8 Å². The molecule has 7 nitrogen and oxygen atoms in total. The lowest BCUT2D eigenvalue weighted by Crippen LogP contribution is -2.36. The van der Waals surface area contributed by atoms with Gasteiger partial charge in [0.1, 0.15) is 11.2 Å². The van der Waals surface area contributed by atoms with Crippen molar-refractivity contribution in [2.45, 2.75) is 32.8 Å². The second-order valence-corrected chi connectivity index (χ2v) is 5.51. The summed E-state index contributed by atoms with van der Waals surface area (Å²) in [5.74, 6) is -0.772. The first-order chi connectivity index (χ1) is 8.70. The SMILES string of the molecule is CN1CCc2c(c(O)nn2C(=O)OC(C)(C)C)C1=O. The average Bonchev–Trinajstić information content (AvgIpc) is 2.59. The van der Waals surface area contributed by atoms with Crippen LogP contribution >= 0.6 is 0 Å². The fourth-order valence-corrected chi connectivity index (χ4v) is 1.91. The Morgan fingerprint density at radius 2 is 2.05 bits per heavy atom. The first-order valence-electron chi connectivity index (χ1n) is 6.00. The molecule has 1 aliphatic rings. The van der Waals surface area contributed by atoms with E-state index in [9.17, 15) is 14.7 Å². The van der Waals surface area contributed by atoms with Crippen molar-refractivity contribution in [2.75, 3.05) is 13.6 Å². The molecule has 104 valence electrons. The van der Waals surface area contributed by atoms with Gasteiger partial charge in [0.15, 0.2) is 0 Å². The largest absolute Gasteiger partial charge is 0.492 e. The van der Waals surface area contributed by atoms with Gasteiger partial charge in [0.25, 0.3) is 5.91 Å². The molecule has 0 atom stereocenters.